The second kappa shape index (κ2) is 4.12. The molecule has 3 N–H and O–H groups in total. The van der Waals surface area contributed by atoms with E-state index in [4.69, 9.17) is 5.73 Å². The van der Waals surface area contributed by atoms with Gasteiger partial charge in [-0.2, -0.15) is 0 Å². The molecule has 0 aliphatic heterocycles. The number of amides is 1. The fraction of sp³-hybridized carbons (Fsp3) is 0.917. The first-order chi connectivity index (χ1) is 7.18. The highest BCUT2D eigenvalue weighted by Gasteiger charge is 2.42. The van der Waals surface area contributed by atoms with Crippen LogP contribution < -0.4 is 11.1 Å². The van der Waals surface area contributed by atoms with Crippen LogP contribution in [0.15, 0.2) is 0 Å². The zero-order valence-electron chi connectivity index (χ0n) is 9.59. The summed E-state index contributed by atoms with van der Waals surface area (Å²) in [5, 5.41) is 3.03. The monoisotopic (exact) mass is 210 g/mol. The third kappa shape index (κ3) is 2.17. The standard InChI is InChI=1S/C12H22N2O/c1-2-12(6-3-7-12)11(15)14-8-10(13)9-4-5-9/h9-10H,2-8,13H2,1H3,(H,14,15). The van der Waals surface area contributed by atoms with Crippen molar-refractivity contribution < 1.29 is 4.79 Å². The van der Waals surface area contributed by atoms with E-state index in [1.807, 2.05) is 0 Å². The minimum Gasteiger partial charge on any atom is -0.354 e. The van der Waals surface area contributed by atoms with E-state index in [0.717, 1.165) is 19.3 Å². The van der Waals surface area contributed by atoms with Crippen LogP contribution in [0.25, 0.3) is 0 Å². The molecule has 1 unspecified atom stereocenters. The molecule has 1 amide bonds. The highest BCUT2D eigenvalue weighted by atomic mass is 16.2. The van der Waals surface area contributed by atoms with E-state index in [-0.39, 0.29) is 17.4 Å². The summed E-state index contributed by atoms with van der Waals surface area (Å²) in [7, 11) is 0. The number of nitrogens with two attached hydrogens (primary N) is 1. The Bertz CT molecular complexity index is 238. The van der Waals surface area contributed by atoms with Gasteiger partial charge in [0.15, 0.2) is 0 Å². The van der Waals surface area contributed by atoms with Crippen LogP contribution >= 0.6 is 0 Å². The Hall–Kier alpha value is -0.570. The third-order valence-corrected chi connectivity index (χ3v) is 4.19. The van der Waals surface area contributed by atoms with Gasteiger partial charge in [0.2, 0.25) is 5.91 Å². The molecule has 1 atom stereocenters. The van der Waals surface area contributed by atoms with Crippen LogP contribution in [-0.4, -0.2) is 18.5 Å². The molecule has 2 aliphatic rings. The normalized spacial score (nSPS) is 25.5. The smallest absolute Gasteiger partial charge is 0.226 e. The molecular weight excluding hydrogens is 188 g/mol. The zero-order valence-corrected chi connectivity index (χ0v) is 9.59. The van der Waals surface area contributed by atoms with E-state index in [9.17, 15) is 4.79 Å². The minimum absolute atomic E-state index is 0.0384. The largest absolute Gasteiger partial charge is 0.354 e. The molecule has 2 aliphatic carbocycles. The lowest BCUT2D eigenvalue weighted by atomic mass is 9.66. The second-order valence-corrected chi connectivity index (χ2v) is 5.20. The Morgan fingerprint density at radius 3 is 2.60 bits per heavy atom. The van der Waals surface area contributed by atoms with Gasteiger partial charge < -0.3 is 11.1 Å². The van der Waals surface area contributed by atoms with Gasteiger partial charge >= 0.3 is 0 Å². The molecule has 0 aromatic heterocycles. The van der Waals surface area contributed by atoms with Crippen molar-refractivity contribution in [3.8, 4) is 0 Å². The van der Waals surface area contributed by atoms with E-state index >= 15 is 0 Å². The second-order valence-electron chi connectivity index (χ2n) is 5.20. The van der Waals surface area contributed by atoms with Crippen molar-refractivity contribution in [1.29, 1.82) is 0 Å². The Labute approximate surface area is 91.8 Å². The van der Waals surface area contributed by atoms with Crippen molar-refractivity contribution >= 4 is 5.91 Å². The van der Waals surface area contributed by atoms with E-state index in [0.29, 0.717) is 12.5 Å². The zero-order chi connectivity index (χ0) is 10.9. The molecule has 0 aromatic carbocycles. The maximum absolute atomic E-state index is 12.0. The quantitative estimate of drug-likeness (QED) is 0.721. The highest BCUT2D eigenvalue weighted by Crippen LogP contribution is 2.43. The summed E-state index contributed by atoms with van der Waals surface area (Å²) in [6.45, 7) is 2.78. The fourth-order valence-electron chi connectivity index (χ4n) is 2.43. The first-order valence-corrected chi connectivity index (χ1v) is 6.22. The average Bonchev–Trinajstić information content (AvgIpc) is 2.96. The van der Waals surface area contributed by atoms with Gasteiger partial charge in [-0.15, -0.1) is 0 Å². The molecule has 3 nitrogen and oxygen atoms in total. The van der Waals surface area contributed by atoms with Gasteiger partial charge in [0, 0.05) is 18.0 Å². The maximum Gasteiger partial charge on any atom is 0.226 e. The number of rotatable bonds is 5. The van der Waals surface area contributed by atoms with E-state index < -0.39 is 0 Å². The fourth-order valence-corrected chi connectivity index (χ4v) is 2.43. The van der Waals surface area contributed by atoms with Crippen LogP contribution in [-0.2, 0) is 4.79 Å². The first-order valence-electron chi connectivity index (χ1n) is 6.22. The van der Waals surface area contributed by atoms with E-state index in [2.05, 4.69) is 12.2 Å². The molecular formula is C12H22N2O. The number of hydrogen-bond donors (Lipinski definition) is 2. The Balaban J connectivity index is 1.75. The lowest BCUT2D eigenvalue weighted by molar-refractivity contribution is -0.136. The molecule has 0 bridgehead atoms. The Kier molecular flexibility index (Phi) is 3.01. The van der Waals surface area contributed by atoms with E-state index in [1.54, 1.807) is 0 Å². The van der Waals surface area contributed by atoms with Crippen LogP contribution in [0, 0.1) is 11.3 Å². The summed E-state index contributed by atoms with van der Waals surface area (Å²) in [6.07, 6.45) is 6.79. The van der Waals surface area contributed by atoms with Crippen LogP contribution in [0.3, 0.4) is 0 Å². The van der Waals surface area contributed by atoms with Crippen LogP contribution in [0.2, 0.25) is 0 Å². The Morgan fingerprint density at radius 1 is 1.53 bits per heavy atom. The molecule has 2 fully saturated rings. The summed E-state index contributed by atoms with van der Waals surface area (Å²) in [4.78, 5) is 12.0. The van der Waals surface area contributed by atoms with Gasteiger partial charge in [0.1, 0.15) is 0 Å². The van der Waals surface area contributed by atoms with Crippen molar-refractivity contribution in [1.82, 2.24) is 5.32 Å². The molecule has 0 saturated heterocycles. The van der Waals surface area contributed by atoms with E-state index in [1.165, 1.54) is 19.3 Å². The number of hydrogen-bond acceptors (Lipinski definition) is 2. The van der Waals surface area contributed by atoms with Gasteiger partial charge in [0.05, 0.1) is 0 Å². The van der Waals surface area contributed by atoms with Crippen LogP contribution in [0.1, 0.15) is 45.4 Å². The first kappa shape index (κ1) is 10.9. The average molecular weight is 210 g/mol. The molecule has 86 valence electrons. The molecule has 0 heterocycles. The summed E-state index contributed by atoms with van der Waals surface area (Å²) >= 11 is 0. The van der Waals surface area contributed by atoms with Crippen molar-refractivity contribution in [3.63, 3.8) is 0 Å². The van der Waals surface area contributed by atoms with Crippen molar-refractivity contribution in [2.45, 2.75) is 51.5 Å². The molecule has 0 radical (unpaired) electrons. The van der Waals surface area contributed by atoms with Gasteiger partial charge in [-0.1, -0.05) is 13.3 Å². The highest BCUT2D eigenvalue weighted by molar-refractivity contribution is 5.83. The molecule has 0 spiro atoms. The molecule has 2 rings (SSSR count). The SMILES string of the molecule is CCC1(C(=O)NCC(N)C2CC2)CCC1. The predicted octanol–water partition coefficient (Wildman–Crippen LogP) is 1.42. The maximum atomic E-state index is 12.0. The summed E-state index contributed by atoms with van der Waals surface area (Å²) in [5.41, 5.74) is 5.92. The van der Waals surface area contributed by atoms with Gasteiger partial charge in [-0.05, 0) is 38.0 Å². The number of carbonyl (C=O) groups excluding carboxylic acids is 1. The summed E-state index contributed by atoms with van der Waals surface area (Å²) in [6, 6.07) is 0.183. The number of carbonyl (C=O) groups is 1. The van der Waals surface area contributed by atoms with Gasteiger partial charge in [-0.3, -0.25) is 4.79 Å². The molecule has 0 aromatic rings. The molecule has 2 saturated carbocycles. The third-order valence-electron chi connectivity index (χ3n) is 4.19. The summed E-state index contributed by atoms with van der Waals surface area (Å²) in [5.74, 6) is 0.914. The Morgan fingerprint density at radius 2 is 2.20 bits per heavy atom. The lowest BCUT2D eigenvalue weighted by Gasteiger charge is -2.39. The van der Waals surface area contributed by atoms with Crippen LogP contribution in [0.4, 0.5) is 0 Å². The molecule has 3 heteroatoms. The summed E-state index contributed by atoms with van der Waals surface area (Å²) < 4.78 is 0. The van der Waals surface area contributed by atoms with Gasteiger partial charge in [0.25, 0.3) is 0 Å². The predicted molar refractivity (Wildman–Crippen MR) is 60.3 cm³/mol. The topological polar surface area (TPSA) is 55.1 Å². The van der Waals surface area contributed by atoms with Crippen LogP contribution in [0.5, 0.6) is 0 Å². The van der Waals surface area contributed by atoms with Crippen molar-refractivity contribution in [3.05, 3.63) is 0 Å². The minimum atomic E-state index is -0.0384. The van der Waals surface area contributed by atoms with Gasteiger partial charge in [-0.25, -0.2) is 0 Å². The lowest BCUT2D eigenvalue weighted by Crippen LogP contribution is -2.48. The molecule has 15 heavy (non-hydrogen) atoms. The van der Waals surface area contributed by atoms with Crippen molar-refractivity contribution in [2.24, 2.45) is 17.1 Å². The number of nitrogens with one attached hydrogen (secondary N) is 1. The van der Waals surface area contributed by atoms with Crippen molar-refractivity contribution in [2.75, 3.05) is 6.54 Å².